The molecule has 0 aliphatic carbocycles. The summed E-state index contributed by atoms with van der Waals surface area (Å²) >= 11 is 0. The molecule has 2 radical (unpaired) electrons. The predicted molar refractivity (Wildman–Crippen MR) is 27.0 cm³/mol. The van der Waals surface area contributed by atoms with E-state index in [9.17, 15) is 0 Å². The van der Waals surface area contributed by atoms with Gasteiger partial charge in [-0.05, 0) is 6.07 Å². The van der Waals surface area contributed by atoms with Crippen molar-refractivity contribution in [1.29, 1.82) is 0 Å². The van der Waals surface area contributed by atoms with E-state index in [1.54, 1.807) is 18.5 Å². The molecule has 0 aliphatic rings. The first-order valence-electron chi connectivity index (χ1n) is 2.07. The molecule has 1 aromatic heterocycles. The fourth-order valence-electron chi connectivity index (χ4n) is 0.346. The minimum absolute atomic E-state index is 0.188. The normalized spacial score (nSPS) is 8.62. The summed E-state index contributed by atoms with van der Waals surface area (Å²) in [5, 5.41) is 0. The molecule has 0 aliphatic heterocycles. The maximum absolute atomic E-state index is 4.72. The van der Waals surface area contributed by atoms with Crippen molar-refractivity contribution < 1.29 is 4.74 Å². The van der Waals surface area contributed by atoms with Crippen LogP contribution in [0.5, 0.6) is 6.01 Å². The van der Waals surface area contributed by atoms with E-state index in [-0.39, 0.29) is 6.01 Å². The molecule has 1 heterocycles. The summed E-state index contributed by atoms with van der Waals surface area (Å²) in [5.41, 5.74) is 0. The predicted octanol–water partition coefficient (Wildman–Crippen LogP) is 0.524. The molecular weight excluding hydrogens is 104 g/mol. The molecular formula is C5H4N2O. The molecule has 0 atom stereocenters. The average molecular weight is 108 g/mol. The number of rotatable bonds is 1. The Hall–Kier alpha value is -1.12. The molecule has 1 aromatic rings. The molecule has 0 saturated carbocycles. The Morgan fingerprint density at radius 2 is 2.00 bits per heavy atom. The van der Waals surface area contributed by atoms with Crippen LogP contribution in [0.2, 0.25) is 0 Å². The Labute approximate surface area is 47.3 Å². The van der Waals surface area contributed by atoms with Gasteiger partial charge in [0.2, 0.25) is 0 Å². The quantitative estimate of drug-likeness (QED) is 0.526. The first-order chi connectivity index (χ1) is 3.93. The van der Waals surface area contributed by atoms with E-state index in [0.29, 0.717) is 0 Å². The zero-order valence-electron chi connectivity index (χ0n) is 4.11. The van der Waals surface area contributed by atoms with E-state index in [0.717, 1.165) is 0 Å². The van der Waals surface area contributed by atoms with Crippen LogP contribution in [-0.2, 0) is 0 Å². The van der Waals surface area contributed by atoms with Gasteiger partial charge in [0.15, 0.2) is 7.11 Å². The summed E-state index contributed by atoms with van der Waals surface area (Å²) in [4.78, 5) is 7.28. The highest BCUT2D eigenvalue weighted by Gasteiger charge is 1.84. The van der Waals surface area contributed by atoms with Gasteiger partial charge in [-0.2, -0.15) is 0 Å². The summed E-state index contributed by atoms with van der Waals surface area (Å²) < 4.78 is 4.19. The van der Waals surface area contributed by atoms with Crippen LogP contribution < -0.4 is 4.74 Å². The van der Waals surface area contributed by atoms with Crippen molar-refractivity contribution in [3.63, 3.8) is 0 Å². The van der Waals surface area contributed by atoms with Crippen LogP contribution in [0.1, 0.15) is 0 Å². The molecule has 3 heteroatoms. The van der Waals surface area contributed by atoms with Gasteiger partial charge in [-0.15, -0.1) is 0 Å². The Kier molecular flexibility index (Phi) is 1.42. The van der Waals surface area contributed by atoms with Crippen LogP contribution in [0.4, 0.5) is 0 Å². The van der Waals surface area contributed by atoms with Crippen molar-refractivity contribution in [2.45, 2.75) is 0 Å². The van der Waals surface area contributed by atoms with E-state index in [4.69, 9.17) is 7.11 Å². The molecule has 0 spiro atoms. The number of hydrogen-bond donors (Lipinski definition) is 0. The lowest BCUT2D eigenvalue weighted by molar-refractivity contribution is 0.432. The van der Waals surface area contributed by atoms with Crippen LogP contribution >= 0.6 is 0 Å². The first kappa shape index (κ1) is 5.03. The van der Waals surface area contributed by atoms with Gasteiger partial charge in [-0.3, -0.25) is 0 Å². The van der Waals surface area contributed by atoms with Crippen molar-refractivity contribution in [1.82, 2.24) is 9.97 Å². The highest BCUT2D eigenvalue weighted by molar-refractivity contribution is 4.92. The maximum atomic E-state index is 4.72. The lowest BCUT2D eigenvalue weighted by atomic mass is 10.7. The third-order valence-electron chi connectivity index (χ3n) is 0.647. The largest absolute Gasteiger partial charge is 0.452 e. The highest BCUT2D eigenvalue weighted by Crippen LogP contribution is 1.93. The topological polar surface area (TPSA) is 35.0 Å². The highest BCUT2D eigenvalue weighted by atomic mass is 16.5. The molecule has 0 saturated heterocycles. The third kappa shape index (κ3) is 0.932. The van der Waals surface area contributed by atoms with Crippen LogP contribution in [-0.4, -0.2) is 9.97 Å². The SMILES string of the molecule is [CH]Oc1ncccn1. The van der Waals surface area contributed by atoms with Crippen LogP contribution in [0, 0.1) is 7.11 Å². The van der Waals surface area contributed by atoms with Crippen LogP contribution in [0.15, 0.2) is 18.5 Å². The van der Waals surface area contributed by atoms with Gasteiger partial charge >= 0.3 is 6.01 Å². The molecule has 8 heavy (non-hydrogen) atoms. The van der Waals surface area contributed by atoms with Gasteiger partial charge in [0.05, 0.1) is 0 Å². The van der Waals surface area contributed by atoms with E-state index in [2.05, 4.69) is 14.7 Å². The van der Waals surface area contributed by atoms with Gasteiger partial charge in [0.1, 0.15) is 0 Å². The molecule has 0 bridgehead atoms. The maximum Gasteiger partial charge on any atom is 0.316 e. The monoisotopic (exact) mass is 108 g/mol. The van der Waals surface area contributed by atoms with Crippen LogP contribution in [0.3, 0.4) is 0 Å². The first-order valence-corrected chi connectivity index (χ1v) is 2.07. The van der Waals surface area contributed by atoms with Gasteiger partial charge in [-0.1, -0.05) is 0 Å². The van der Waals surface area contributed by atoms with E-state index < -0.39 is 0 Å². The molecule has 0 fully saturated rings. The Bertz CT molecular complexity index is 152. The van der Waals surface area contributed by atoms with E-state index in [1.165, 1.54) is 0 Å². The number of aromatic nitrogens is 2. The van der Waals surface area contributed by atoms with E-state index in [1.807, 2.05) is 0 Å². The molecule has 1 rings (SSSR count). The van der Waals surface area contributed by atoms with Crippen molar-refractivity contribution >= 4 is 0 Å². The van der Waals surface area contributed by atoms with Gasteiger partial charge < -0.3 is 4.74 Å². The van der Waals surface area contributed by atoms with Crippen molar-refractivity contribution in [3.05, 3.63) is 25.6 Å². The summed E-state index contributed by atoms with van der Waals surface area (Å²) in [5.74, 6) is 0. The molecule has 0 amide bonds. The standard InChI is InChI=1S/C5H4N2O/c1-8-5-6-3-2-4-7-5/h1-4H. The number of ether oxygens (including phenoxy) is 1. The average Bonchev–Trinajstić information content (AvgIpc) is 1.90. The minimum atomic E-state index is 0.188. The summed E-state index contributed by atoms with van der Waals surface area (Å²) in [6, 6.07) is 1.87. The molecule has 0 aromatic carbocycles. The van der Waals surface area contributed by atoms with Gasteiger partial charge in [-0.25, -0.2) is 9.97 Å². The summed E-state index contributed by atoms with van der Waals surface area (Å²) in [6.07, 6.45) is 3.10. The molecule has 3 nitrogen and oxygen atoms in total. The van der Waals surface area contributed by atoms with Gasteiger partial charge in [0.25, 0.3) is 0 Å². The van der Waals surface area contributed by atoms with Crippen molar-refractivity contribution in [2.24, 2.45) is 0 Å². The summed E-state index contributed by atoms with van der Waals surface area (Å²) in [7, 11) is 4.72. The fraction of sp³-hybridized carbons (Fsp3) is 0. The lowest BCUT2D eigenvalue weighted by Gasteiger charge is -1.89. The molecule has 40 valence electrons. The minimum Gasteiger partial charge on any atom is -0.452 e. The fourth-order valence-corrected chi connectivity index (χ4v) is 0.346. The molecule has 0 unspecified atom stereocenters. The Balaban J connectivity index is 2.83. The van der Waals surface area contributed by atoms with E-state index >= 15 is 0 Å². The number of hydrogen-bond acceptors (Lipinski definition) is 3. The lowest BCUT2D eigenvalue weighted by Crippen LogP contribution is -1.85. The summed E-state index contributed by atoms with van der Waals surface area (Å²) in [6.45, 7) is 0. The smallest absolute Gasteiger partial charge is 0.316 e. The van der Waals surface area contributed by atoms with Crippen LogP contribution in [0.25, 0.3) is 0 Å². The molecule has 0 N–H and O–H groups in total. The third-order valence-corrected chi connectivity index (χ3v) is 0.647. The second-order valence-corrected chi connectivity index (χ2v) is 1.15. The van der Waals surface area contributed by atoms with Gasteiger partial charge in [0, 0.05) is 12.4 Å². The zero-order chi connectivity index (χ0) is 5.82. The zero-order valence-corrected chi connectivity index (χ0v) is 4.11. The van der Waals surface area contributed by atoms with Crippen molar-refractivity contribution in [3.8, 4) is 6.01 Å². The van der Waals surface area contributed by atoms with Crippen molar-refractivity contribution in [2.75, 3.05) is 0 Å². The Morgan fingerprint density at radius 3 is 2.38 bits per heavy atom. The second kappa shape index (κ2) is 2.26. The Morgan fingerprint density at radius 1 is 1.38 bits per heavy atom. The number of nitrogens with zero attached hydrogens (tertiary/aromatic N) is 2. The second-order valence-electron chi connectivity index (χ2n) is 1.15.